The van der Waals surface area contributed by atoms with E-state index in [0.29, 0.717) is 23.5 Å². The molecule has 0 spiro atoms. The number of benzene rings is 1. The molecule has 0 aliphatic carbocycles. The van der Waals surface area contributed by atoms with Gasteiger partial charge in [-0.1, -0.05) is 50.6 Å². The fourth-order valence-electron chi connectivity index (χ4n) is 1.61. The van der Waals surface area contributed by atoms with Crippen LogP contribution in [0, 0.1) is 0 Å². The highest BCUT2D eigenvalue weighted by molar-refractivity contribution is 8.13. The Labute approximate surface area is 125 Å². The van der Waals surface area contributed by atoms with Crippen molar-refractivity contribution in [1.82, 2.24) is 0 Å². The highest BCUT2D eigenvalue weighted by Crippen LogP contribution is 2.25. The van der Waals surface area contributed by atoms with E-state index in [1.807, 2.05) is 13.0 Å². The molecule has 1 aromatic rings. The molecule has 0 radical (unpaired) electrons. The molecule has 0 aliphatic rings. The predicted octanol–water partition coefficient (Wildman–Crippen LogP) is 4.45. The lowest BCUT2D eigenvalue weighted by molar-refractivity contribution is -0.111. The first-order chi connectivity index (χ1) is 9.69. The molecule has 0 amide bonds. The molecule has 0 saturated heterocycles. The van der Waals surface area contributed by atoms with Crippen LogP contribution in [-0.4, -0.2) is 17.7 Å². The summed E-state index contributed by atoms with van der Waals surface area (Å²) < 4.78 is 5.21. The first-order valence-corrected chi connectivity index (χ1v) is 7.97. The standard InChI is InChI=1S/C16H22O3S/c1-3-5-11-15(17)20-14-10-8-7-9-13(14)16(18)19-12-6-4-2/h7-10H,3-6,11-12H2,1-2H3. The van der Waals surface area contributed by atoms with Crippen molar-refractivity contribution < 1.29 is 14.3 Å². The summed E-state index contributed by atoms with van der Waals surface area (Å²) >= 11 is 1.14. The minimum absolute atomic E-state index is 0.0978. The van der Waals surface area contributed by atoms with Crippen molar-refractivity contribution in [2.75, 3.05) is 6.61 Å². The molecule has 0 aromatic heterocycles. The van der Waals surface area contributed by atoms with Gasteiger partial charge in [0, 0.05) is 11.3 Å². The van der Waals surface area contributed by atoms with Gasteiger partial charge in [-0.3, -0.25) is 4.79 Å². The van der Waals surface area contributed by atoms with E-state index in [4.69, 9.17) is 4.74 Å². The van der Waals surface area contributed by atoms with Crippen LogP contribution >= 0.6 is 11.8 Å². The number of thioether (sulfide) groups is 1. The summed E-state index contributed by atoms with van der Waals surface area (Å²) in [6, 6.07) is 7.13. The normalized spacial score (nSPS) is 10.3. The van der Waals surface area contributed by atoms with E-state index in [1.54, 1.807) is 18.2 Å². The molecule has 1 aromatic carbocycles. The van der Waals surface area contributed by atoms with E-state index in [0.717, 1.165) is 37.4 Å². The minimum Gasteiger partial charge on any atom is -0.462 e. The second kappa shape index (κ2) is 9.59. The van der Waals surface area contributed by atoms with E-state index in [9.17, 15) is 9.59 Å². The van der Waals surface area contributed by atoms with Crippen molar-refractivity contribution in [3.8, 4) is 0 Å². The third-order valence-electron chi connectivity index (χ3n) is 2.80. The summed E-state index contributed by atoms with van der Waals surface area (Å²) in [4.78, 5) is 24.5. The van der Waals surface area contributed by atoms with Gasteiger partial charge in [0.25, 0.3) is 0 Å². The van der Waals surface area contributed by atoms with Gasteiger partial charge in [-0.05, 0) is 25.0 Å². The Balaban J connectivity index is 2.67. The van der Waals surface area contributed by atoms with Crippen LogP contribution in [0.15, 0.2) is 29.2 Å². The van der Waals surface area contributed by atoms with Crippen molar-refractivity contribution in [1.29, 1.82) is 0 Å². The van der Waals surface area contributed by atoms with Gasteiger partial charge in [-0.2, -0.15) is 0 Å². The molecule has 0 aliphatic heterocycles. The highest BCUT2D eigenvalue weighted by atomic mass is 32.2. The van der Waals surface area contributed by atoms with E-state index in [2.05, 4.69) is 6.92 Å². The monoisotopic (exact) mass is 294 g/mol. The number of hydrogen-bond donors (Lipinski definition) is 0. The van der Waals surface area contributed by atoms with Gasteiger partial charge >= 0.3 is 5.97 Å². The zero-order valence-corrected chi connectivity index (χ0v) is 13.0. The molecule has 3 nitrogen and oxygen atoms in total. The van der Waals surface area contributed by atoms with Crippen molar-refractivity contribution >= 4 is 22.8 Å². The van der Waals surface area contributed by atoms with Gasteiger partial charge in [0.15, 0.2) is 5.12 Å². The zero-order valence-electron chi connectivity index (χ0n) is 12.2. The molecule has 20 heavy (non-hydrogen) atoms. The fraction of sp³-hybridized carbons (Fsp3) is 0.500. The molecule has 4 heteroatoms. The average Bonchev–Trinajstić information content (AvgIpc) is 2.46. The maximum absolute atomic E-state index is 12.0. The molecule has 0 saturated carbocycles. The van der Waals surface area contributed by atoms with Crippen LogP contribution in [0.1, 0.15) is 56.3 Å². The summed E-state index contributed by atoms with van der Waals surface area (Å²) in [6.07, 6.45) is 4.26. The molecule has 0 atom stereocenters. The Bertz CT molecular complexity index is 443. The smallest absolute Gasteiger partial charge is 0.339 e. The lowest BCUT2D eigenvalue weighted by atomic mass is 10.2. The molecule has 0 N–H and O–H groups in total. The quantitative estimate of drug-likeness (QED) is 0.403. The van der Waals surface area contributed by atoms with Crippen LogP contribution in [0.2, 0.25) is 0 Å². The molecule has 0 unspecified atom stereocenters. The molecule has 0 heterocycles. The van der Waals surface area contributed by atoms with Crippen LogP contribution in [-0.2, 0) is 9.53 Å². The molecular formula is C16H22O3S. The Morgan fingerprint density at radius 3 is 2.50 bits per heavy atom. The van der Waals surface area contributed by atoms with E-state index in [1.165, 1.54) is 0 Å². The summed E-state index contributed by atoms with van der Waals surface area (Å²) in [5, 5.41) is 0.0978. The first kappa shape index (κ1) is 16.8. The lowest BCUT2D eigenvalue weighted by Crippen LogP contribution is -2.08. The number of carbonyl (C=O) groups is 2. The SMILES string of the molecule is CCCCOC(=O)c1ccccc1SC(=O)CCCC. The van der Waals surface area contributed by atoms with Gasteiger partial charge in [0.2, 0.25) is 0 Å². The maximum atomic E-state index is 12.0. The second-order valence-electron chi connectivity index (χ2n) is 4.56. The summed E-state index contributed by atoms with van der Waals surface area (Å²) in [6.45, 7) is 4.53. The van der Waals surface area contributed by atoms with Crippen molar-refractivity contribution in [3.63, 3.8) is 0 Å². The average molecular weight is 294 g/mol. The van der Waals surface area contributed by atoms with Crippen LogP contribution in [0.4, 0.5) is 0 Å². The molecular weight excluding hydrogens is 272 g/mol. The Hall–Kier alpha value is -1.29. The van der Waals surface area contributed by atoms with Crippen LogP contribution < -0.4 is 0 Å². The number of carbonyl (C=O) groups excluding carboxylic acids is 2. The largest absolute Gasteiger partial charge is 0.462 e. The number of hydrogen-bond acceptors (Lipinski definition) is 4. The Morgan fingerprint density at radius 2 is 1.80 bits per heavy atom. The molecule has 110 valence electrons. The summed E-state index contributed by atoms with van der Waals surface area (Å²) in [5.74, 6) is -0.343. The third kappa shape index (κ3) is 5.78. The van der Waals surface area contributed by atoms with E-state index in [-0.39, 0.29) is 11.1 Å². The van der Waals surface area contributed by atoms with Crippen LogP contribution in [0.3, 0.4) is 0 Å². The van der Waals surface area contributed by atoms with Gasteiger partial charge in [-0.25, -0.2) is 4.79 Å². The number of rotatable bonds is 8. The van der Waals surface area contributed by atoms with Crippen LogP contribution in [0.25, 0.3) is 0 Å². The van der Waals surface area contributed by atoms with Gasteiger partial charge in [-0.15, -0.1) is 0 Å². The number of unbranched alkanes of at least 4 members (excludes halogenated alkanes) is 2. The Kier molecular flexibility index (Phi) is 8.04. The second-order valence-corrected chi connectivity index (χ2v) is 5.66. The first-order valence-electron chi connectivity index (χ1n) is 7.15. The fourth-order valence-corrected chi connectivity index (χ4v) is 2.51. The van der Waals surface area contributed by atoms with Crippen molar-refractivity contribution in [3.05, 3.63) is 29.8 Å². The minimum atomic E-state index is -0.343. The summed E-state index contributed by atoms with van der Waals surface area (Å²) in [7, 11) is 0. The highest BCUT2D eigenvalue weighted by Gasteiger charge is 2.15. The van der Waals surface area contributed by atoms with E-state index < -0.39 is 0 Å². The lowest BCUT2D eigenvalue weighted by Gasteiger charge is -2.08. The topological polar surface area (TPSA) is 43.4 Å². The van der Waals surface area contributed by atoms with Gasteiger partial charge in [0.05, 0.1) is 12.2 Å². The molecule has 1 rings (SSSR count). The van der Waals surface area contributed by atoms with Crippen molar-refractivity contribution in [2.45, 2.75) is 50.8 Å². The zero-order chi connectivity index (χ0) is 14.8. The molecule has 0 fully saturated rings. The summed E-state index contributed by atoms with van der Waals surface area (Å²) in [5.41, 5.74) is 0.485. The number of ether oxygens (including phenoxy) is 1. The molecule has 0 bridgehead atoms. The van der Waals surface area contributed by atoms with Crippen molar-refractivity contribution in [2.24, 2.45) is 0 Å². The third-order valence-corrected chi connectivity index (χ3v) is 3.80. The van der Waals surface area contributed by atoms with Gasteiger partial charge in [0.1, 0.15) is 0 Å². The Morgan fingerprint density at radius 1 is 1.10 bits per heavy atom. The predicted molar refractivity (Wildman–Crippen MR) is 82.0 cm³/mol. The maximum Gasteiger partial charge on any atom is 0.339 e. The van der Waals surface area contributed by atoms with Gasteiger partial charge < -0.3 is 4.74 Å². The van der Waals surface area contributed by atoms with E-state index >= 15 is 0 Å². The number of esters is 1. The van der Waals surface area contributed by atoms with Crippen LogP contribution in [0.5, 0.6) is 0 Å².